The lowest BCUT2D eigenvalue weighted by atomic mass is 10.2. The summed E-state index contributed by atoms with van der Waals surface area (Å²) in [7, 11) is 0. The van der Waals surface area contributed by atoms with Crippen LogP contribution in [0.15, 0.2) is 48.5 Å². The van der Waals surface area contributed by atoms with Crippen LogP contribution in [0.5, 0.6) is 5.75 Å². The Bertz CT molecular complexity index is 704. The zero-order chi connectivity index (χ0) is 17.4. The Morgan fingerprint density at radius 3 is 2.58 bits per heavy atom. The van der Waals surface area contributed by atoms with Gasteiger partial charge in [-0.2, -0.15) is 0 Å². The van der Waals surface area contributed by atoms with Gasteiger partial charge in [0.15, 0.2) is 5.11 Å². The molecule has 1 amide bonds. The van der Waals surface area contributed by atoms with Gasteiger partial charge in [0, 0.05) is 6.42 Å². The number of benzene rings is 2. The van der Waals surface area contributed by atoms with Gasteiger partial charge >= 0.3 is 0 Å². The van der Waals surface area contributed by atoms with E-state index in [1.54, 1.807) is 12.1 Å². The van der Waals surface area contributed by atoms with Gasteiger partial charge in [0.2, 0.25) is 5.91 Å². The zero-order valence-electron chi connectivity index (χ0n) is 13.3. The van der Waals surface area contributed by atoms with E-state index in [0.29, 0.717) is 30.2 Å². The van der Waals surface area contributed by atoms with Crippen LogP contribution in [-0.2, 0) is 4.79 Å². The van der Waals surface area contributed by atoms with Crippen molar-refractivity contribution >= 4 is 40.5 Å². The minimum atomic E-state index is -0.160. The number of amides is 1. The first-order valence-corrected chi connectivity index (χ1v) is 8.38. The number of hydrogen-bond donors (Lipinski definition) is 2. The molecule has 0 radical (unpaired) electrons. The summed E-state index contributed by atoms with van der Waals surface area (Å²) in [5.74, 6) is 0.643. The number of halogens is 1. The number of aryl methyl sites for hydroxylation is 1. The van der Waals surface area contributed by atoms with E-state index < -0.39 is 0 Å². The van der Waals surface area contributed by atoms with E-state index in [1.165, 1.54) is 5.56 Å². The van der Waals surface area contributed by atoms with Crippen molar-refractivity contribution in [2.45, 2.75) is 19.8 Å². The van der Waals surface area contributed by atoms with Gasteiger partial charge in [-0.3, -0.25) is 4.79 Å². The molecule has 0 saturated carbocycles. The molecule has 0 aliphatic heterocycles. The van der Waals surface area contributed by atoms with Crippen molar-refractivity contribution in [3.63, 3.8) is 0 Å². The molecule has 2 rings (SSSR count). The van der Waals surface area contributed by atoms with Crippen LogP contribution in [0.3, 0.4) is 0 Å². The third kappa shape index (κ3) is 6.18. The molecule has 0 aliphatic carbocycles. The van der Waals surface area contributed by atoms with E-state index in [4.69, 9.17) is 28.6 Å². The monoisotopic (exact) mass is 362 g/mol. The zero-order valence-corrected chi connectivity index (χ0v) is 14.9. The number of ether oxygens (including phenoxy) is 1. The van der Waals surface area contributed by atoms with Gasteiger partial charge in [0.1, 0.15) is 5.75 Å². The molecule has 126 valence electrons. The van der Waals surface area contributed by atoms with E-state index in [1.807, 2.05) is 43.3 Å². The van der Waals surface area contributed by atoms with Crippen molar-refractivity contribution in [3.05, 3.63) is 59.1 Å². The quantitative estimate of drug-likeness (QED) is 0.593. The molecule has 2 aromatic rings. The van der Waals surface area contributed by atoms with Crippen molar-refractivity contribution in [1.29, 1.82) is 0 Å². The van der Waals surface area contributed by atoms with Crippen LogP contribution >= 0.6 is 23.8 Å². The Hall–Kier alpha value is -2.11. The maximum Gasteiger partial charge on any atom is 0.226 e. The van der Waals surface area contributed by atoms with Gasteiger partial charge in [-0.1, -0.05) is 41.4 Å². The number of para-hydroxylation sites is 1. The molecule has 2 aromatic carbocycles. The average Bonchev–Trinajstić information content (AvgIpc) is 2.55. The largest absolute Gasteiger partial charge is 0.494 e. The van der Waals surface area contributed by atoms with Gasteiger partial charge in [-0.15, -0.1) is 0 Å². The summed E-state index contributed by atoms with van der Waals surface area (Å²) < 4.78 is 5.58. The average molecular weight is 363 g/mol. The minimum Gasteiger partial charge on any atom is -0.494 e. The number of carbonyl (C=O) groups excluding carboxylic acids is 1. The summed E-state index contributed by atoms with van der Waals surface area (Å²) in [6.45, 7) is 2.49. The molecule has 0 aliphatic rings. The first kappa shape index (κ1) is 18.2. The second-order valence-electron chi connectivity index (χ2n) is 5.25. The molecule has 6 heteroatoms. The smallest absolute Gasteiger partial charge is 0.226 e. The Labute approximate surface area is 152 Å². The Morgan fingerprint density at radius 2 is 1.88 bits per heavy atom. The number of thiocarbonyl (C=S) groups is 1. The summed E-state index contributed by atoms with van der Waals surface area (Å²) in [4.78, 5) is 11.9. The van der Waals surface area contributed by atoms with Crippen LogP contribution in [0.2, 0.25) is 5.02 Å². The Kier molecular flexibility index (Phi) is 7.03. The van der Waals surface area contributed by atoms with Crippen LogP contribution in [-0.4, -0.2) is 17.6 Å². The highest BCUT2D eigenvalue weighted by molar-refractivity contribution is 7.80. The van der Waals surface area contributed by atoms with Crippen molar-refractivity contribution in [2.24, 2.45) is 0 Å². The van der Waals surface area contributed by atoms with Crippen molar-refractivity contribution in [3.8, 4) is 5.75 Å². The molecule has 0 spiro atoms. The highest BCUT2D eigenvalue weighted by Gasteiger charge is 2.06. The SMILES string of the molecule is Cc1ccc(OCCCC(=O)NC(=S)Nc2ccccc2Cl)cc1. The summed E-state index contributed by atoms with van der Waals surface area (Å²) in [6.07, 6.45) is 0.935. The second-order valence-corrected chi connectivity index (χ2v) is 6.06. The normalized spacial score (nSPS) is 10.1. The molecule has 4 nitrogen and oxygen atoms in total. The molecule has 0 atom stereocenters. The van der Waals surface area contributed by atoms with Gasteiger partial charge < -0.3 is 15.4 Å². The third-order valence-electron chi connectivity index (χ3n) is 3.21. The standard InChI is InChI=1S/C18H19ClN2O2S/c1-13-8-10-14(11-9-13)23-12-4-7-17(22)21-18(24)20-16-6-3-2-5-15(16)19/h2-3,5-6,8-11H,4,7,12H2,1H3,(H2,20,21,22,24). The van der Waals surface area contributed by atoms with E-state index in [0.717, 1.165) is 5.75 Å². The number of rotatable bonds is 6. The van der Waals surface area contributed by atoms with Crippen LogP contribution in [0.4, 0.5) is 5.69 Å². The minimum absolute atomic E-state index is 0.160. The van der Waals surface area contributed by atoms with Gasteiger partial charge in [0.05, 0.1) is 17.3 Å². The number of carbonyl (C=O) groups is 1. The lowest BCUT2D eigenvalue weighted by Gasteiger charge is -2.11. The topological polar surface area (TPSA) is 50.4 Å². The maximum atomic E-state index is 11.9. The van der Waals surface area contributed by atoms with Crippen LogP contribution in [0.25, 0.3) is 0 Å². The predicted octanol–water partition coefficient (Wildman–Crippen LogP) is 4.32. The number of anilines is 1. The van der Waals surface area contributed by atoms with E-state index >= 15 is 0 Å². The molecule has 2 N–H and O–H groups in total. The first-order valence-electron chi connectivity index (χ1n) is 7.59. The fourth-order valence-electron chi connectivity index (χ4n) is 1.96. The molecule has 0 fully saturated rings. The predicted molar refractivity (Wildman–Crippen MR) is 102 cm³/mol. The van der Waals surface area contributed by atoms with Crippen LogP contribution in [0.1, 0.15) is 18.4 Å². The first-order chi connectivity index (χ1) is 11.5. The molecule has 24 heavy (non-hydrogen) atoms. The van der Waals surface area contributed by atoms with Gasteiger partial charge in [-0.05, 0) is 49.8 Å². The highest BCUT2D eigenvalue weighted by atomic mass is 35.5. The van der Waals surface area contributed by atoms with Gasteiger partial charge in [-0.25, -0.2) is 0 Å². The number of nitrogens with one attached hydrogen (secondary N) is 2. The highest BCUT2D eigenvalue weighted by Crippen LogP contribution is 2.20. The molecule has 0 bridgehead atoms. The lowest BCUT2D eigenvalue weighted by molar-refractivity contribution is -0.119. The van der Waals surface area contributed by atoms with Crippen molar-refractivity contribution in [1.82, 2.24) is 5.32 Å². The molecule has 0 heterocycles. The summed E-state index contributed by atoms with van der Waals surface area (Å²) in [5, 5.41) is 6.30. The molecular formula is C18H19ClN2O2S. The molecule has 0 saturated heterocycles. The summed E-state index contributed by atoms with van der Waals surface area (Å²) >= 11 is 11.1. The number of hydrogen-bond acceptors (Lipinski definition) is 3. The van der Waals surface area contributed by atoms with Crippen LogP contribution in [0, 0.1) is 6.92 Å². The van der Waals surface area contributed by atoms with Crippen LogP contribution < -0.4 is 15.4 Å². The lowest BCUT2D eigenvalue weighted by Crippen LogP contribution is -2.34. The third-order valence-corrected chi connectivity index (χ3v) is 3.75. The fourth-order valence-corrected chi connectivity index (χ4v) is 2.37. The Morgan fingerprint density at radius 1 is 1.17 bits per heavy atom. The molecule has 0 unspecified atom stereocenters. The molecule has 0 aromatic heterocycles. The van der Waals surface area contributed by atoms with Crippen molar-refractivity contribution in [2.75, 3.05) is 11.9 Å². The maximum absolute atomic E-state index is 11.9. The molecular weight excluding hydrogens is 344 g/mol. The van der Waals surface area contributed by atoms with E-state index in [2.05, 4.69) is 10.6 Å². The van der Waals surface area contributed by atoms with E-state index in [9.17, 15) is 4.79 Å². The fraction of sp³-hybridized carbons (Fsp3) is 0.222. The summed E-state index contributed by atoms with van der Waals surface area (Å²) in [5.41, 5.74) is 1.84. The Balaban J connectivity index is 1.66. The van der Waals surface area contributed by atoms with Gasteiger partial charge in [0.25, 0.3) is 0 Å². The van der Waals surface area contributed by atoms with E-state index in [-0.39, 0.29) is 11.0 Å². The van der Waals surface area contributed by atoms with Crippen molar-refractivity contribution < 1.29 is 9.53 Å². The second kappa shape index (κ2) is 9.25. The summed E-state index contributed by atoms with van der Waals surface area (Å²) in [6, 6.07) is 15.0.